The van der Waals surface area contributed by atoms with Crippen molar-refractivity contribution in [3.63, 3.8) is 0 Å². The quantitative estimate of drug-likeness (QED) is 0.390. The van der Waals surface area contributed by atoms with E-state index in [-0.39, 0.29) is 18.0 Å². The minimum absolute atomic E-state index is 0.0576. The Hall–Kier alpha value is -3.39. The minimum Gasteiger partial charge on any atom is -0.494 e. The molecule has 3 heterocycles. The van der Waals surface area contributed by atoms with Gasteiger partial charge in [-0.3, -0.25) is 9.78 Å². The third-order valence-electron chi connectivity index (χ3n) is 7.24. The lowest BCUT2D eigenvalue weighted by Gasteiger charge is -2.32. The molecule has 1 aliphatic heterocycles. The largest absolute Gasteiger partial charge is 0.494 e. The Morgan fingerprint density at radius 2 is 2.00 bits per heavy atom. The summed E-state index contributed by atoms with van der Waals surface area (Å²) >= 11 is 5.92. The van der Waals surface area contributed by atoms with Crippen molar-refractivity contribution in [1.82, 2.24) is 14.9 Å². The Balaban J connectivity index is 1.58. The minimum atomic E-state index is -0.110. The molecule has 0 radical (unpaired) electrons. The predicted octanol–water partition coefficient (Wildman–Crippen LogP) is 5.92. The number of anilines is 2. The number of ether oxygens (including phenoxy) is 1. The van der Waals surface area contributed by atoms with Crippen LogP contribution in [0.3, 0.4) is 0 Å². The van der Waals surface area contributed by atoms with Gasteiger partial charge in [0.1, 0.15) is 11.8 Å². The molecule has 2 fully saturated rings. The fourth-order valence-corrected chi connectivity index (χ4v) is 5.80. The molecule has 1 saturated carbocycles. The Labute approximate surface area is 217 Å². The number of rotatable bonds is 7. The summed E-state index contributed by atoms with van der Waals surface area (Å²) in [5.41, 5.74) is 3.71. The fourth-order valence-electron chi connectivity index (χ4n) is 5.45. The zero-order chi connectivity index (χ0) is 25.1. The van der Waals surface area contributed by atoms with Gasteiger partial charge in [0.25, 0.3) is 0 Å². The molecule has 5 rings (SSSR count). The predicted molar refractivity (Wildman–Crippen MR) is 146 cm³/mol. The molecule has 36 heavy (non-hydrogen) atoms. The smallest absolute Gasteiger partial charge is 0.224 e. The van der Waals surface area contributed by atoms with Gasteiger partial charge in [-0.1, -0.05) is 32.3 Å². The average molecular weight is 504 g/mol. The molecular formula is C28H33N5O2S. The molecule has 1 saturated heterocycles. The van der Waals surface area contributed by atoms with E-state index in [1.165, 1.54) is 37.8 Å². The first kappa shape index (κ1) is 24.3. The molecule has 1 amide bonds. The average Bonchev–Trinajstić information content (AvgIpc) is 3.54. The zero-order valence-electron chi connectivity index (χ0n) is 20.8. The fraction of sp³-hybridized carbons (Fsp3) is 0.393. The van der Waals surface area contributed by atoms with Crippen LogP contribution < -0.4 is 20.3 Å². The van der Waals surface area contributed by atoms with Crippen molar-refractivity contribution in [2.75, 3.05) is 17.3 Å². The van der Waals surface area contributed by atoms with Crippen LogP contribution >= 0.6 is 12.2 Å². The van der Waals surface area contributed by atoms with Crippen molar-refractivity contribution < 1.29 is 9.53 Å². The van der Waals surface area contributed by atoms with E-state index in [0.717, 1.165) is 11.4 Å². The highest BCUT2D eigenvalue weighted by molar-refractivity contribution is 7.80. The van der Waals surface area contributed by atoms with Crippen molar-refractivity contribution in [2.45, 2.75) is 63.6 Å². The van der Waals surface area contributed by atoms with Crippen LogP contribution in [0.5, 0.6) is 5.75 Å². The second-order valence-corrected chi connectivity index (χ2v) is 9.80. The lowest BCUT2D eigenvalue weighted by molar-refractivity contribution is -0.115. The molecule has 7 nitrogen and oxygen atoms in total. The normalized spacial score (nSPS) is 20.3. The summed E-state index contributed by atoms with van der Waals surface area (Å²) in [6.07, 6.45) is 10.7. The third kappa shape index (κ3) is 4.69. The van der Waals surface area contributed by atoms with Gasteiger partial charge in [0.05, 0.1) is 24.5 Å². The van der Waals surface area contributed by atoms with Gasteiger partial charge in [0.15, 0.2) is 5.11 Å². The van der Waals surface area contributed by atoms with Gasteiger partial charge < -0.3 is 24.8 Å². The number of benzene rings is 1. The molecule has 2 aromatic heterocycles. The third-order valence-corrected chi connectivity index (χ3v) is 7.55. The Morgan fingerprint density at radius 3 is 2.72 bits per heavy atom. The molecule has 1 aliphatic carbocycles. The summed E-state index contributed by atoms with van der Waals surface area (Å²) in [7, 11) is 1.61. The van der Waals surface area contributed by atoms with Crippen LogP contribution in [0.1, 0.15) is 75.0 Å². The number of hydrogen-bond donors (Lipinski definition) is 2. The number of aromatic nitrogens is 2. The van der Waals surface area contributed by atoms with Crippen molar-refractivity contribution in [1.29, 1.82) is 0 Å². The molecule has 188 valence electrons. The summed E-state index contributed by atoms with van der Waals surface area (Å²) in [6.45, 7) is 1.83. The number of amides is 1. The van der Waals surface area contributed by atoms with Gasteiger partial charge >= 0.3 is 0 Å². The molecule has 0 spiro atoms. The number of nitrogens with zero attached hydrogens (tertiary/aromatic N) is 3. The highest BCUT2D eigenvalue weighted by Gasteiger charge is 2.42. The molecule has 0 unspecified atom stereocenters. The summed E-state index contributed by atoms with van der Waals surface area (Å²) in [4.78, 5) is 18.9. The maximum absolute atomic E-state index is 12.0. The van der Waals surface area contributed by atoms with Crippen LogP contribution in [0.25, 0.3) is 0 Å². The van der Waals surface area contributed by atoms with Crippen LogP contribution in [-0.2, 0) is 4.79 Å². The van der Waals surface area contributed by atoms with Gasteiger partial charge in [-0.2, -0.15) is 0 Å². The lowest BCUT2D eigenvalue weighted by Crippen LogP contribution is -2.31. The van der Waals surface area contributed by atoms with Gasteiger partial charge in [0.2, 0.25) is 5.91 Å². The van der Waals surface area contributed by atoms with Gasteiger partial charge in [-0.05, 0) is 61.5 Å². The lowest BCUT2D eigenvalue weighted by atomic mass is 9.94. The molecule has 0 bridgehead atoms. The van der Waals surface area contributed by atoms with Gasteiger partial charge in [-0.25, -0.2) is 0 Å². The Bertz CT molecular complexity index is 1220. The molecule has 8 heteroatoms. The van der Waals surface area contributed by atoms with Crippen molar-refractivity contribution >= 4 is 34.6 Å². The molecule has 1 aromatic carbocycles. The number of carbonyl (C=O) groups excluding carboxylic acids is 1. The molecule has 2 aliphatic rings. The van der Waals surface area contributed by atoms with E-state index >= 15 is 0 Å². The first-order chi connectivity index (χ1) is 17.6. The molecule has 2 N–H and O–H groups in total. The maximum Gasteiger partial charge on any atom is 0.224 e. The summed E-state index contributed by atoms with van der Waals surface area (Å²) in [5, 5.41) is 7.11. The molecule has 2 atom stereocenters. The van der Waals surface area contributed by atoms with Gasteiger partial charge in [0, 0.05) is 42.3 Å². The van der Waals surface area contributed by atoms with E-state index < -0.39 is 0 Å². The first-order valence-electron chi connectivity index (χ1n) is 12.8. The summed E-state index contributed by atoms with van der Waals surface area (Å²) < 4.78 is 8.11. The SMILES string of the molecule is CCC(=O)Nc1ccc(N2C(=S)N[C@@H](c3ccccn3)[C@@H]2c2cccn2C2CCCCC2)cc1OC. The van der Waals surface area contributed by atoms with E-state index in [9.17, 15) is 4.79 Å². The van der Waals surface area contributed by atoms with Crippen LogP contribution in [0, 0.1) is 0 Å². The Morgan fingerprint density at radius 1 is 1.17 bits per heavy atom. The van der Waals surface area contributed by atoms with Crippen LogP contribution in [0.2, 0.25) is 0 Å². The summed E-state index contributed by atoms with van der Waals surface area (Å²) in [5.74, 6) is 0.539. The monoisotopic (exact) mass is 503 g/mol. The highest BCUT2D eigenvalue weighted by Crippen LogP contribution is 2.44. The van der Waals surface area contributed by atoms with Crippen molar-refractivity contribution in [3.05, 3.63) is 72.3 Å². The molecular weight excluding hydrogens is 470 g/mol. The second kappa shape index (κ2) is 10.7. The number of pyridine rings is 1. The number of carbonyl (C=O) groups is 1. The highest BCUT2D eigenvalue weighted by atomic mass is 32.1. The van der Waals surface area contributed by atoms with Crippen LogP contribution in [-0.4, -0.2) is 27.7 Å². The maximum atomic E-state index is 12.0. The number of nitrogens with one attached hydrogen (secondary N) is 2. The van der Waals surface area contributed by atoms with Crippen molar-refractivity contribution in [3.8, 4) is 5.75 Å². The van der Waals surface area contributed by atoms with Gasteiger partial charge in [-0.15, -0.1) is 0 Å². The van der Waals surface area contributed by atoms with E-state index in [0.29, 0.717) is 29.0 Å². The zero-order valence-corrected chi connectivity index (χ0v) is 21.6. The van der Waals surface area contributed by atoms with Crippen LogP contribution in [0.15, 0.2) is 60.9 Å². The standard InChI is InChI=1S/C28H33N5O2S/c1-3-25(34)30-21-15-14-20(18-24(21)35-2)33-27(26(31-28(33)36)22-12-7-8-16-29-22)23-13-9-17-32(23)19-10-5-4-6-11-19/h7-9,12-19,26-27H,3-6,10-11H2,1-2H3,(H,30,34)(H,31,36)/t26-,27-/m0/s1. The van der Waals surface area contributed by atoms with E-state index in [1.54, 1.807) is 7.11 Å². The van der Waals surface area contributed by atoms with E-state index in [2.05, 4.69) is 49.5 Å². The number of methoxy groups -OCH3 is 1. The topological polar surface area (TPSA) is 71.4 Å². The summed E-state index contributed by atoms with van der Waals surface area (Å²) in [6, 6.07) is 16.5. The van der Waals surface area contributed by atoms with E-state index in [4.69, 9.17) is 17.0 Å². The Kier molecular flexibility index (Phi) is 7.23. The van der Waals surface area contributed by atoms with Crippen molar-refractivity contribution in [2.24, 2.45) is 0 Å². The number of thiocarbonyl (C=S) groups is 1. The van der Waals surface area contributed by atoms with E-state index in [1.807, 2.05) is 43.5 Å². The first-order valence-corrected chi connectivity index (χ1v) is 13.2. The second-order valence-electron chi connectivity index (χ2n) is 9.42. The molecule has 3 aromatic rings. The number of hydrogen-bond acceptors (Lipinski definition) is 4. The van der Waals surface area contributed by atoms with Crippen LogP contribution in [0.4, 0.5) is 11.4 Å².